The fraction of sp³-hybridized carbons (Fsp3) is 0.294. The van der Waals surface area contributed by atoms with Crippen LogP contribution < -0.4 is 0 Å². The summed E-state index contributed by atoms with van der Waals surface area (Å²) >= 11 is 0. The lowest BCUT2D eigenvalue weighted by Gasteiger charge is -2.25. The second-order valence-electron chi connectivity index (χ2n) is 5.49. The van der Waals surface area contributed by atoms with Crippen LogP contribution >= 0.6 is 0 Å². The van der Waals surface area contributed by atoms with Crippen LogP contribution in [0.4, 0.5) is 8.78 Å². The Morgan fingerprint density at radius 1 is 1.00 bits per heavy atom. The fourth-order valence-corrected chi connectivity index (χ4v) is 2.23. The Labute approximate surface area is 117 Å². The van der Waals surface area contributed by atoms with Gasteiger partial charge in [0.05, 0.1) is 5.60 Å². The van der Waals surface area contributed by atoms with E-state index < -0.39 is 17.2 Å². The van der Waals surface area contributed by atoms with Crippen molar-refractivity contribution >= 4 is 0 Å². The van der Waals surface area contributed by atoms with E-state index in [2.05, 4.69) is 0 Å². The molecule has 0 saturated carbocycles. The first-order chi connectivity index (χ1) is 9.29. The van der Waals surface area contributed by atoms with Crippen LogP contribution in [0.2, 0.25) is 0 Å². The zero-order valence-electron chi connectivity index (χ0n) is 11.9. The molecular formula is C17H18F2O. The Hall–Kier alpha value is -1.74. The van der Waals surface area contributed by atoms with Crippen LogP contribution in [0.15, 0.2) is 36.4 Å². The summed E-state index contributed by atoms with van der Waals surface area (Å²) in [4.78, 5) is 0. The smallest absolute Gasteiger partial charge is 0.126 e. The minimum absolute atomic E-state index is 0.0269. The van der Waals surface area contributed by atoms with Crippen molar-refractivity contribution in [2.75, 3.05) is 0 Å². The van der Waals surface area contributed by atoms with E-state index in [0.29, 0.717) is 5.56 Å². The third kappa shape index (κ3) is 3.05. The van der Waals surface area contributed by atoms with Crippen molar-refractivity contribution < 1.29 is 13.9 Å². The van der Waals surface area contributed by atoms with Crippen LogP contribution in [0.3, 0.4) is 0 Å². The maximum absolute atomic E-state index is 13.7. The lowest BCUT2D eigenvalue weighted by Crippen LogP contribution is -2.25. The number of aliphatic hydroxyl groups is 1. The van der Waals surface area contributed by atoms with Crippen LogP contribution in [0.5, 0.6) is 0 Å². The SMILES string of the molecule is Cc1ccc(C(C)(O)Cc2cc(F)ccc2F)cc1C. The molecule has 3 heteroatoms. The van der Waals surface area contributed by atoms with E-state index in [9.17, 15) is 13.9 Å². The monoisotopic (exact) mass is 276 g/mol. The highest BCUT2D eigenvalue weighted by Crippen LogP contribution is 2.28. The third-order valence-corrected chi connectivity index (χ3v) is 3.67. The third-order valence-electron chi connectivity index (χ3n) is 3.67. The van der Waals surface area contributed by atoms with Gasteiger partial charge in [-0.3, -0.25) is 0 Å². The average Bonchev–Trinajstić information content (AvgIpc) is 2.36. The quantitative estimate of drug-likeness (QED) is 0.897. The first kappa shape index (κ1) is 14.7. The largest absolute Gasteiger partial charge is 0.385 e. The van der Waals surface area contributed by atoms with Gasteiger partial charge in [-0.15, -0.1) is 0 Å². The minimum atomic E-state index is -1.24. The van der Waals surface area contributed by atoms with Gasteiger partial charge in [0.2, 0.25) is 0 Å². The summed E-state index contributed by atoms with van der Waals surface area (Å²) in [6.07, 6.45) is 0.0269. The molecule has 0 amide bonds. The molecule has 0 aliphatic rings. The number of benzene rings is 2. The maximum Gasteiger partial charge on any atom is 0.126 e. The molecule has 1 N–H and O–H groups in total. The molecule has 0 aromatic heterocycles. The van der Waals surface area contributed by atoms with Crippen LogP contribution in [-0.4, -0.2) is 5.11 Å². The molecule has 2 aromatic carbocycles. The van der Waals surface area contributed by atoms with Crippen molar-refractivity contribution in [2.45, 2.75) is 32.8 Å². The van der Waals surface area contributed by atoms with Gasteiger partial charge in [-0.25, -0.2) is 8.78 Å². The predicted octanol–water partition coefficient (Wildman–Crippen LogP) is 4.03. The normalized spacial score (nSPS) is 14.1. The van der Waals surface area contributed by atoms with Crippen molar-refractivity contribution in [3.63, 3.8) is 0 Å². The molecule has 0 heterocycles. The molecule has 1 atom stereocenters. The number of aryl methyl sites for hydroxylation is 2. The van der Waals surface area contributed by atoms with Crippen molar-refractivity contribution in [1.29, 1.82) is 0 Å². The molecule has 2 rings (SSSR count). The molecule has 0 spiro atoms. The highest BCUT2D eigenvalue weighted by atomic mass is 19.1. The predicted molar refractivity (Wildman–Crippen MR) is 75.5 cm³/mol. The molecule has 0 aliphatic heterocycles. The fourth-order valence-electron chi connectivity index (χ4n) is 2.23. The van der Waals surface area contributed by atoms with Crippen LogP contribution in [0.25, 0.3) is 0 Å². The molecule has 106 valence electrons. The molecular weight excluding hydrogens is 258 g/mol. The van der Waals surface area contributed by atoms with Gasteiger partial charge >= 0.3 is 0 Å². The Kier molecular flexibility index (Phi) is 3.91. The Balaban J connectivity index is 2.34. The summed E-state index contributed by atoms with van der Waals surface area (Å²) < 4.78 is 26.9. The van der Waals surface area contributed by atoms with Gasteiger partial charge in [0.25, 0.3) is 0 Å². The molecule has 1 unspecified atom stereocenters. The van der Waals surface area contributed by atoms with Gasteiger partial charge in [-0.05, 0) is 61.2 Å². The highest BCUT2D eigenvalue weighted by molar-refractivity contribution is 5.34. The molecule has 20 heavy (non-hydrogen) atoms. The standard InChI is InChI=1S/C17H18F2O/c1-11-4-5-14(8-12(11)2)17(3,20)10-13-9-15(18)6-7-16(13)19/h4-9,20H,10H2,1-3H3. The van der Waals surface area contributed by atoms with Crippen LogP contribution in [0, 0.1) is 25.5 Å². The summed E-state index contributed by atoms with van der Waals surface area (Å²) in [5, 5.41) is 10.6. The van der Waals surface area contributed by atoms with Gasteiger partial charge in [0, 0.05) is 6.42 Å². The summed E-state index contributed by atoms with van der Waals surface area (Å²) in [5.74, 6) is -1.01. The first-order valence-corrected chi connectivity index (χ1v) is 6.53. The Morgan fingerprint density at radius 2 is 1.70 bits per heavy atom. The lowest BCUT2D eigenvalue weighted by atomic mass is 9.87. The number of halogens is 2. The van der Waals surface area contributed by atoms with Crippen molar-refractivity contribution in [3.05, 3.63) is 70.3 Å². The molecule has 1 nitrogen and oxygen atoms in total. The zero-order chi connectivity index (χ0) is 14.9. The molecule has 0 bridgehead atoms. The van der Waals surface area contributed by atoms with Crippen LogP contribution in [-0.2, 0) is 12.0 Å². The average molecular weight is 276 g/mol. The summed E-state index contributed by atoms with van der Waals surface area (Å²) in [5.41, 5.74) is 1.81. The molecule has 0 saturated heterocycles. The molecule has 0 aliphatic carbocycles. The molecule has 2 aromatic rings. The van der Waals surface area contributed by atoms with E-state index in [-0.39, 0.29) is 12.0 Å². The van der Waals surface area contributed by atoms with Crippen molar-refractivity contribution in [1.82, 2.24) is 0 Å². The highest BCUT2D eigenvalue weighted by Gasteiger charge is 2.25. The Bertz CT molecular complexity index is 633. The Morgan fingerprint density at radius 3 is 2.35 bits per heavy atom. The zero-order valence-corrected chi connectivity index (χ0v) is 11.9. The van der Waals surface area contributed by atoms with Gasteiger partial charge in [-0.1, -0.05) is 18.2 Å². The maximum atomic E-state index is 13.7. The number of hydrogen-bond acceptors (Lipinski definition) is 1. The topological polar surface area (TPSA) is 20.2 Å². The van der Waals surface area contributed by atoms with Gasteiger partial charge in [-0.2, -0.15) is 0 Å². The summed E-state index contributed by atoms with van der Waals surface area (Å²) in [6, 6.07) is 8.91. The van der Waals surface area contributed by atoms with E-state index in [4.69, 9.17) is 0 Å². The number of rotatable bonds is 3. The van der Waals surface area contributed by atoms with Gasteiger partial charge in [0.15, 0.2) is 0 Å². The minimum Gasteiger partial charge on any atom is -0.385 e. The lowest BCUT2D eigenvalue weighted by molar-refractivity contribution is 0.0565. The molecule has 0 fully saturated rings. The van der Waals surface area contributed by atoms with Crippen molar-refractivity contribution in [3.8, 4) is 0 Å². The second kappa shape index (κ2) is 5.33. The van der Waals surface area contributed by atoms with E-state index in [1.54, 1.807) is 6.92 Å². The number of hydrogen-bond donors (Lipinski definition) is 1. The first-order valence-electron chi connectivity index (χ1n) is 6.53. The second-order valence-corrected chi connectivity index (χ2v) is 5.49. The van der Waals surface area contributed by atoms with Gasteiger partial charge in [0.1, 0.15) is 11.6 Å². The van der Waals surface area contributed by atoms with E-state index in [0.717, 1.165) is 29.3 Å². The van der Waals surface area contributed by atoms with Crippen LogP contribution in [0.1, 0.15) is 29.2 Å². The van der Waals surface area contributed by atoms with E-state index in [1.807, 2.05) is 32.0 Å². The van der Waals surface area contributed by atoms with E-state index in [1.165, 1.54) is 0 Å². The van der Waals surface area contributed by atoms with Crippen molar-refractivity contribution in [2.24, 2.45) is 0 Å². The van der Waals surface area contributed by atoms with Gasteiger partial charge < -0.3 is 5.11 Å². The van der Waals surface area contributed by atoms with E-state index >= 15 is 0 Å². The molecule has 0 radical (unpaired) electrons. The summed E-state index contributed by atoms with van der Waals surface area (Å²) in [6.45, 7) is 5.55. The summed E-state index contributed by atoms with van der Waals surface area (Å²) in [7, 11) is 0.